The molecule has 0 bridgehead atoms. The van der Waals surface area contributed by atoms with E-state index in [1.54, 1.807) is 16.8 Å². The van der Waals surface area contributed by atoms with Gasteiger partial charge in [-0.2, -0.15) is 0 Å². The summed E-state index contributed by atoms with van der Waals surface area (Å²) in [7, 11) is 1.78. The minimum absolute atomic E-state index is 0.0182. The second-order valence-corrected chi connectivity index (χ2v) is 8.31. The van der Waals surface area contributed by atoms with Gasteiger partial charge in [0.25, 0.3) is 0 Å². The Morgan fingerprint density at radius 3 is 2.50 bits per heavy atom. The van der Waals surface area contributed by atoms with Crippen LogP contribution in [-0.2, 0) is 9.59 Å². The maximum atomic E-state index is 12.8. The van der Waals surface area contributed by atoms with Gasteiger partial charge in [0.2, 0.25) is 11.8 Å². The van der Waals surface area contributed by atoms with E-state index in [0.29, 0.717) is 25.4 Å². The van der Waals surface area contributed by atoms with Gasteiger partial charge in [-0.05, 0) is 46.4 Å². The highest BCUT2D eigenvalue weighted by molar-refractivity contribution is 5.81. The minimum Gasteiger partial charge on any atom is -0.486 e. The number of carbonyl (C=O) groups is 2. The highest BCUT2D eigenvalue weighted by Crippen LogP contribution is 2.31. The second-order valence-electron chi connectivity index (χ2n) is 8.31. The molecule has 0 aromatic heterocycles. The number of nitrogens with one attached hydrogen (secondary N) is 1. The van der Waals surface area contributed by atoms with E-state index in [-0.39, 0.29) is 36.5 Å². The lowest BCUT2D eigenvalue weighted by atomic mass is 10.1. The van der Waals surface area contributed by atoms with Crippen LogP contribution in [-0.4, -0.2) is 73.1 Å². The average Bonchev–Trinajstić information content (AvgIpc) is 2.59. The maximum Gasteiger partial charge on any atom is 0.236 e. The molecule has 2 amide bonds. The first kappa shape index (κ1) is 22.0. The molecule has 1 aliphatic heterocycles. The molecule has 0 radical (unpaired) electrons. The summed E-state index contributed by atoms with van der Waals surface area (Å²) in [5.74, 6) is 1.33. The molecule has 0 saturated carbocycles. The smallest absolute Gasteiger partial charge is 0.236 e. The highest BCUT2D eigenvalue weighted by atomic mass is 16.6. The molecule has 1 aromatic carbocycles. The fraction of sp³-hybridized carbons (Fsp3) is 0.619. The van der Waals surface area contributed by atoms with Crippen LogP contribution < -0.4 is 14.8 Å². The van der Waals surface area contributed by atoms with Gasteiger partial charge in [-0.3, -0.25) is 14.5 Å². The summed E-state index contributed by atoms with van der Waals surface area (Å²) in [5, 5.41) is 2.91. The van der Waals surface area contributed by atoms with Gasteiger partial charge >= 0.3 is 0 Å². The number of likely N-dealkylation sites (N-methyl/N-ethyl adjacent to an activating group) is 1. The Kier molecular flexibility index (Phi) is 7.69. The van der Waals surface area contributed by atoms with Gasteiger partial charge in [-0.25, -0.2) is 0 Å². The second kappa shape index (κ2) is 9.78. The van der Waals surface area contributed by atoms with E-state index in [1.165, 1.54) is 0 Å². The number of hydrogen-bond acceptors (Lipinski definition) is 5. The molecule has 1 aromatic rings. The molecular weight excluding hydrogens is 358 g/mol. The van der Waals surface area contributed by atoms with Crippen LogP contribution in [0.25, 0.3) is 0 Å². The van der Waals surface area contributed by atoms with E-state index in [4.69, 9.17) is 9.47 Å². The van der Waals surface area contributed by atoms with E-state index in [1.807, 2.05) is 52.0 Å². The predicted molar refractivity (Wildman–Crippen MR) is 109 cm³/mol. The molecule has 0 unspecified atom stereocenters. The van der Waals surface area contributed by atoms with Crippen LogP contribution in [0, 0.1) is 0 Å². The Hall–Kier alpha value is -2.28. The molecule has 1 atom stereocenters. The van der Waals surface area contributed by atoms with E-state index in [0.717, 1.165) is 12.2 Å². The lowest BCUT2D eigenvalue weighted by Gasteiger charge is -2.32. The first-order valence-corrected chi connectivity index (χ1v) is 9.83. The van der Waals surface area contributed by atoms with E-state index < -0.39 is 0 Å². The van der Waals surface area contributed by atoms with Crippen LogP contribution in [0.15, 0.2) is 24.3 Å². The van der Waals surface area contributed by atoms with Crippen LogP contribution in [0.2, 0.25) is 0 Å². The monoisotopic (exact) mass is 391 g/mol. The number of nitrogens with zero attached hydrogens (tertiary/aromatic N) is 2. The number of carbonyl (C=O) groups excluding carboxylic acids is 2. The molecule has 2 rings (SSSR count). The molecule has 7 heteroatoms. The molecular formula is C21H33N3O4. The molecule has 0 spiro atoms. The summed E-state index contributed by atoms with van der Waals surface area (Å²) in [5.41, 5.74) is -0.287. The molecule has 7 nitrogen and oxygen atoms in total. The summed E-state index contributed by atoms with van der Waals surface area (Å²) < 4.78 is 11.7. The van der Waals surface area contributed by atoms with Crippen LogP contribution in [0.4, 0.5) is 0 Å². The van der Waals surface area contributed by atoms with Gasteiger partial charge in [-0.1, -0.05) is 19.1 Å². The zero-order chi connectivity index (χ0) is 20.7. The third kappa shape index (κ3) is 7.03. The number of ether oxygens (including phenoxy) is 2. The Labute approximate surface area is 168 Å². The molecule has 1 heterocycles. The van der Waals surface area contributed by atoms with Gasteiger partial charge in [0.1, 0.15) is 6.61 Å². The van der Waals surface area contributed by atoms with Crippen molar-refractivity contribution in [2.75, 3.05) is 39.8 Å². The van der Waals surface area contributed by atoms with Gasteiger partial charge in [0, 0.05) is 12.1 Å². The van der Waals surface area contributed by atoms with Crippen LogP contribution >= 0.6 is 0 Å². The van der Waals surface area contributed by atoms with Crippen molar-refractivity contribution in [3.05, 3.63) is 24.3 Å². The van der Waals surface area contributed by atoms with Crippen molar-refractivity contribution in [2.24, 2.45) is 0 Å². The van der Waals surface area contributed by atoms with Crippen LogP contribution in [0.3, 0.4) is 0 Å². The minimum atomic E-state index is -0.287. The number of fused-ring (bicyclic) bond motifs is 1. The maximum absolute atomic E-state index is 12.8. The van der Waals surface area contributed by atoms with Gasteiger partial charge in [0.05, 0.1) is 19.6 Å². The quantitative estimate of drug-likeness (QED) is 0.733. The SMILES string of the molecule is CCCN(C[C@H]1COc2ccccc2O1)C(=O)CN(C)CC(=O)NC(C)(C)C. The summed E-state index contributed by atoms with van der Waals surface area (Å²) in [4.78, 5) is 28.4. The summed E-state index contributed by atoms with van der Waals surface area (Å²) >= 11 is 0. The van der Waals surface area contributed by atoms with Crippen molar-refractivity contribution in [1.82, 2.24) is 15.1 Å². The van der Waals surface area contributed by atoms with Crippen LogP contribution in [0.5, 0.6) is 11.5 Å². The Bertz CT molecular complexity index is 672. The van der Waals surface area contributed by atoms with Gasteiger partial charge in [-0.15, -0.1) is 0 Å². The topological polar surface area (TPSA) is 71.1 Å². The molecule has 28 heavy (non-hydrogen) atoms. The Balaban J connectivity index is 1.88. The van der Waals surface area contributed by atoms with Crippen molar-refractivity contribution in [2.45, 2.75) is 45.8 Å². The van der Waals surface area contributed by atoms with E-state index in [2.05, 4.69) is 5.32 Å². The number of amides is 2. The third-order valence-electron chi connectivity index (χ3n) is 4.17. The first-order chi connectivity index (χ1) is 13.2. The van der Waals surface area contributed by atoms with Crippen molar-refractivity contribution < 1.29 is 19.1 Å². The van der Waals surface area contributed by atoms with Gasteiger partial charge < -0.3 is 19.7 Å². The lowest BCUT2D eigenvalue weighted by molar-refractivity contribution is -0.134. The zero-order valence-corrected chi connectivity index (χ0v) is 17.7. The van der Waals surface area contributed by atoms with Gasteiger partial charge in [0.15, 0.2) is 17.6 Å². The summed E-state index contributed by atoms with van der Waals surface area (Å²) in [6, 6.07) is 7.55. The number of para-hydroxylation sites is 2. The molecule has 0 fully saturated rings. The fourth-order valence-corrected chi connectivity index (χ4v) is 3.08. The number of benzene rings is 1. The molecule has 0 saturated heterocycles. The lowest BCUT2D eigenvalue weighted by Crippen LogP contribution is -2.49. The third-order valence-corrected chi connectivity index (χ3v) is 4.17. The standard InChI is InChI=1S/C21H33N3O4/c1-6-11-24(12-16-15-27-17-9-7-8-10-18(17)28-16)20(26)14-23(5)13-19(25)22-21(2,3)4/h7-10,16H,6,11-15H2,1-5H3,(H,22,25)/t16-/m0/s1. The summed E-state index contributed by atoms with van der Waals surface area (Å²) in [6.45, 7) is 9.71. The Morgan fingerprint density at radius 1 is 1.18 bits per heavy atom. The van der Waals surface area contributed by atoms with Crippen molar-refractivity contribution in [3.63, 3.8) is 0 Å². The van der Waals surface area contributed by atoms with Crippen molar-refractivity contribution >= 4 is 11.8 Å². The molecule has 1 N–H and O–H groups in total. The number of rotatable bonds is 8. The highest BCUT2D eigenvalue weighted by Gasteiger charge is 2.26. The molecule has 1 aliphatic rings. The zero-order valence-electron chi connectivity index (χ0n) is 17.7. The fourth-order valence-electron chi connectivity index (χ4n) is 3.08. The molecule has 156 valence electrons. The normalized spacial score (nSPS) is 16.0. The van der Waals surface area contributed by atoms with Crippen molar-refractivity contribution in [3.8, 4) is 11.5 Å². The Morgan fingerprint density at radius 2 is 1.86 bits per heavy atom. The first-order valence-electron chi connectivity index (χ1n) is 9.83. The van der Waals surface area contributed by atoms with E-state index in [9.17, 15) is 9.59 Å². The number of hydrogen-bond donors (Lipinski definition) is 1. The van der Waals surface area contributed by atoms with E-state index >= 15 is 0 Å². The van der Waals surface area contributed by atoms with Crippen molar-refractivity contribution in [1.29, 1.82) is 0 Å². The summed E-state index contributed by atoms with van der Waals surface area (Å²) in [6.07, 6.45) is 0.643. The predicted octanol–water partition coefficient (Wildman–Crippen LogP) is 1.91. The molecule has 0 aliphatic carbocycles. The average molecular weight is 392 g/mol. The van der Waals surface area contributed by atoms with Crippen LogP contribution in [0.1, 0.15) is 34.1 Å². The largest absolute Gasteiger partial charge is 0.486 e.